The summed E-state index contributed by atoms with van der Waals surface area (Å²) in [5.41, 5.74) is 4.89. The van der Waals surface area contributed by atoms with E-state index in [4.69, 9.17) is 10.5 Å². The molecule has 2 nitrogen and oxygen atoms in total. The summed E-state index contributed by atoms with van der Waals surface area (Å²) < 4.78 is 44.1. The summed E-state index contributed by atoms with van der Waals surface area (Å²) in [5, 5.41) is 0. The first-order valence-electron chi connectivity index (χ1n) is 5.80. The Balaban J connectivity index is 2.43. The van der Waals surface area contributed by atoms with Gasteiger partial charge >= 0.3 is 6.18 Å². The molecule has 0 radical (unpaired) electrons. The highest BCUT2D eigenvalue weighted by molar-refractivity contribution is 5.39. The van der Waals surface area contributed by atoms with Crippen molar-refractivity contribution in [1.82, 2.24) is 0 Å². The van der Waals surface area contributed by atoms with Gasteiger partial charge < -0.3 is 10.5 Å². The average Bonchev–Trinajstić information content (AvgIpc) is 2.26. The molecular weight excluding hydrogens is 243 g/mol. The van der Waals surface area contributed by atoms with Gasteiger partial charge in [0.15, 0.2) is 0 Å². The van der Waals surface area contributed by atoms with E-state index in [1.165, 1.54) is 19.2 Å². The van der Waals surface area contributed by atoms with Crippen LogP contribution >= 0.6 is 0 Å². The lowest BCUT2D eigenvalue weighted by atomic mass is 9.61. The highest BCUT2D eigenvalue weighted by atomic mass is 19.4. The summed E-state index contributed by atoms with van der Waals surface area (Å²) in [7, 11) is 1.50. The van der Waals surface area contributed by atoms with Crippen molar-refractivity contribution in [3.63, 3.8) is 0 Å². The molecular formula is C13H16F3NO. The molecule has 1 aromatic rings. The van der Waals surface area contributed by atoms with Gasteiger partial charge in [0, 0.05) is 18.6 Å². The lowest BCUT2D eigenvalue weighted by Gasteiger charge is -2.47. The van der Waals surface area contributed by atoms with Crippen molar-refractivity contribution in [2.75, 3.05) is 13.7 Å². The quantitative estimate of drug-likeness (QED) is 0.905. The van der Waals surface area contributed by atoms with Gasteiger partial charge in [0.2, 0.25) is 0 Å². The molecule has 0 unspecified atom stereocenters. The molecule has 1 aromatic carbocycles. The van der Waals surface area contributed by atoms with Crippen molar-refractivity contribution in [2.24, 2.45) is 5.73 Å². The van der Waals surface area contributed by atoms with E-state index in [-0.39, 0.29) is 12.6 Å². The second-order valence-corrected chi connectivity index (χ2v) is 4.93. The van der Waals surface area contributed by atoms with Crippen LogP contribution in [0.1, 0.15) is 24.0 Å². The van der Waals surface area contributed by atoms with Crippen molar-refractivity contribution in [2.45, 2.75) is 30.5 Å². The molecule has 2 N–H and O–H groups in total. The molecule has 100 valence electrons. The first-order chi connectivity index (χ1) is 8.39. The predicted molar refractivity (Wildman–Crippen MR) is 62.2 cm³/mol. The number of rotatable bonds is 3. The monoisotopic (exact) mass is 259 g/mol. The van der Waals surface area contributed by atoms with Crippen molar-refractivity contribution >= 4 is 0 Å². The van der Waals surface area contributed by atoms with E-state index in [0.717, 1.165) is 6.07 Å². The van der Waals surface area contributed by atoms with Gasteiger partial charge in [-0.25, -0.2) is 0 Å². The summed E-state index contributed by atoms with van der Waals surface area (Å²) in [6.45, 7) is 0.272. The summed E-state index contributed by atoms with van der Waals surface area (Å²) in [4.78, 5) is 0. The van der Waals surface area contributed by atoms with Crippen LogP contribution in [0.4, 0.5) is 13.2 Å². The van der Waals surface area contributed by atoms with Crippen molar-refractivity contribution in [3.05, 3.63) is 35.4 Å². The third-order valence-electron chi connectivity index (χ3n) is 3.53. The molecule has 0 bridgehead atoms. The molecule has 18 heavy (non-hydrogen) atoms. The maximum atomic E-state index is 13.0. The molecule has 1 saturated carbocycles. The van der Waals surface area contributed by atoms with Crippen molar-refractivity contribution < 1.29 is 17.9 Å². The standard InChI is InChI=1S/C13H16F3NO/c1-18-8-12(6-9(17)7-12)10-4-2-3-5-11(10)13(14,15)16/h2-5,9H,6-8,17H2,1H3. The van der Waals surface area contributed by atoms with Gasteiger partial charge in [-0.15, -0.1) is 0 Å². The average molecular weight is 259 g/mol. The lowest BCUT2D eigenvalue weighted by molar-refractivity contribution is -0.139. The second kappa shape index (κ2) is 4.55. The van der Waals surface area contributed by atoms with E-state index in [9.17, 15) is 13.2 Å². The van der Waals surface area contributed by atoms with E-state index in [1.54, 1.807) is 6.07 Å². The van der Waals surface area contributed by atoms with Crippen molar-refractivity contribution in [1.29, 1.82) is 0 Å². The van der Waals surface area contributed by atoms with Crippen LogP contribution < -0.4 is 5.73 Å². The van der Waals surface area contributed by atoms with Gasteiger partial charge in [-0.3, -0.25) is 0 Å². The van der Waals surface area contributed by atoms with Crippen LogP contribution in [0.5, 0.6) is 0 Å². The smallest absolute Gasteiger partial charge is 0.384 e. The Morgan fingerprint density at radius 3 is 2.44 bits per heavy atom. The molecule has 2 rings (SSSR count). The van der Waals surface area contributed by atoms with Crippen LogP contribution in [0.3, 0.4) is 0 Å². The Hall–Kier alpha value is -1.07. The molecule has 1 fully saturated rings. The molecule has 0 aromatic heterocycles. The number of alkyl halides is 3. The van der Waals surface area contributed by atoms with E-state index >= 15 is 0 Å². The SMILES string of the molecule is COCC1(c2ccccc2C(F)(F)F)CC(N)C1. The Morgan fingerprint density at radius 1 is 1.33 bits per heavy atom. The molecule has 0 saturated heterocycles. The van der Waals surface area contributed by atoms with E-state index in [2.05, 4.69) is 0 Å². The van der Waals surface area contributed by atoms with Crippen LogP contribution in [0.2, 0.25) is 0 Å². The fourth-order valence-corrected chi connectivity index (χ4v) is 2.83. The summed E-state index contributed by atoms with van der Waals surface area (Å²) in [5.74, 6) is 0. The van der Waals surface area contributed by atoms with Crippen LogP contribution in [-0.4, -0.2) is 19.8 Å². The molecule has 0 heterocycles. The van der Waals surface area contributed by atoms with Crippen LogP contribution in [0, 0.1) is 0 Å². The molecule has 0 atom stereocenters. The fourth-order valence-electron chi connectivity index (χ4n) is 2.83. The largest absolute Gasteiger partial charge is 0.416 e. The molecule has 0 aliphatic heterocycles. The first kappa shape index (κ1) is 13.4. The Kier molecular flexibility index (Phi) is 3.38. The zero-order valence-electron chi connectivity index (χ0n) is 10.1. The maximum absolute atomic E-state index is 13.0. The molecule has 5 heteroatoms. The highest BCUT2D eigenvalue weighted by Gasteiger charge is 2.48. The maximum Gasteiger partial charge on any atom is 0.416 e. The number of methoxy groups -OCH3 is 1. The van der Waals surface area contributed by atoms with Crippen LogP contribution in [0.25, 0.3) is 0 Å². The van der Waals surface area contributed by atoms with Gasteiger partial charge in [-0.1, -0.05) is 18.2 Å². The Labute approximate surface area is 104 Å². The predicted octanol–water partition coefficient (Wildman–Crippen LogP) is 2.71. The first-order valence-corrected chi connectivity index (χ1v) is 5.80. The minimum Gasteiger partial charge on any atom is -0.384 e. The minimum atomic E-state index is -4.34. The van der Waals surface area contributed by atoms with Crippen LogP contribution in [0.15, 0.2) is 24.3 Å². The minimum absolute atomic E-state index is 0.0403. The van der Waals surface area contributed by atoms with Gasteiger partial charge in [-0.2, -0.15) is 13.2 Å². The van der Waals surface area contributed by atoms with Gasteiger partial charge in [0.25, 0.3) is 0 Å². The normalized spacial score (nSPS) is 27.9. The van der Waals surface area contributed by atoms with Gasteiger partial charge in [0.05, 0.1) is 12.2 Å². The lowest BCUT2D eigenvalue weighted by Crippen LogP contribution is -2.52. The van der Waals surface area contributed by atoms with Crippen molar-refractivity contribution in [3.8, 4) is 0 Å². The zero-order chi connectivity index (χ0) is 13.4. The van der Waals surface area contributed by atoms with Gasteiger partial charge in [0.1, 0.15) is 0 Å². The van der Waals surface area contributed by atoms with E-state index < -0.39 is 17.2 Å². The number of hydrogen-bond acceptors (Lipinski definition) is 2. The third-order valence-corrected chi connectivity index (χ3v) is 3.53. The molecule has 1 aliphatic carbocycles. The molecule has 0 amide bonds. The number of nitrogens with two attached hydrogens (primary N) is 1. The molecule has 1 aliphatic rings. The Bertz CT molecular complexity index is 419. The van der Waals surface area contributed by atoms with Crippen LogP contribution in [-0.2, 0) is 16.3 Å². The summed E-state index contributed by atoms with van der Waals surface area (Å²) in [6.07, 6.45) is -3.26. The van der Waals surface area contributed by atoms with E-state index in [0.29, 0.717) is 18.4 Å². The summed E-state index contributed by atoms with van der Waals surface area (Å²) >= 11 is 0. The van der Waals surface area contributed by atoms with Gasteiger partial charge in [-0.05, 0) is 24.5 Å². The summed E-state index contributed by atoms with van der Waals surface area (Å²) in [6, 6.07) is 5.66. The Morgan fingerprint density at radius 2 is 1.94 bits per heavy atom. The number of hydrogen-bond donors (Lipinski definition) is 1. The highest BCUT2D eigenvalue weighted by Crippen LogP contribution is 2.47. The number of halogens is 3. The zero-order valence-corrected chi connectivity index (χ0v) is 10.1. The third kappa shape index (κ3) is 2.24. The fraction of sp³-hybridized carbons (Fsp3) is 0.538. The van der Waals surface area contributed by atoms with E-state index in [1.807, 2.05) is 0 Å². The topological polar surface area (TPSA) is 35.2 Å². The molecule has 0 spiro atoms. The second-order valence-electron chi connectivity index (χ2n) is 4.93. The number of ether oxygens (including phenoxy) is 1. The number of benzene rings is 1.